The monoisotopic (exact) mass is 564 g/mol. The van der Waals surface area contributed by atoms with E-state index in [9.17, 15) is 0 Å². The van der Waals surface area contributed by atoms with Gasteiger partial charge in [-0.15, -0.1) is 0 Å². The summed E-state index contributed by atoms with van der Waals surface area (Å²) in [5.41, 5.74) is 4.46. The lowest BCUT2D eigenvalue weighted by Gasteiger charge is -2.06. The normalized spacial score (nSPS) is 10.1. The number of halogens is 2. The molecule has 6 heteroatoms. The van der Waals surface area contributed by atoms with Crippen LogP contribution in [0.5, 0.6) is 23.0 Å². The lowest BCUT2D eigenvalue weighted by molar-refractivity contribution is -0.596. The van der Waals surface area contributed by atoms with E-state index in [0.717, 1.165) is 45.5 Å². The van der Waals surface area contributed by atoms with Crippen LogP contribution in [-0.2, 0) is 0 Å². The molecule has 0 amide bonds. The maximum Gasteiger partial charge on any atom is 0.210 e. The van der Waals surface area contributed by atoms with E-state index in [0.29, 0.717) is 0 Å². The summed E-state index contributed by atoms with van der Waals surface area (Å²) >= 11 is 0. The number of rotatable bonds is 7. The first kappa shape index (κ1) is 28.4. The van der Waals surface area contributed by atoms with Gasteiger partial charge in [0.2, 0.25) is 11.4 Å². The van der Waals surface area contributed by atoms with Crippen molar-refractivity contribution >= 4 is 0 Å². The van der Waals surface area contributed by atoms with E-state index in [4.69, 9.17) is 9.47 Å². The third-order valence-electron chi connectivity index (χ3n) is 6.22. The van der Waals surface area contributed by atoms with Gasteiger partial charge in [0.05, 0.1) is 0 Å². The highest BCUT2D eigenvalue weighted by molar-refractivity contribution is 5.61. The minimum absolute atomic E-state index is 0. The Morgan fingerprint density at radius 1 is 0.325 bits per heavy atom. The van der Waals surface area contributed by atoms with Crippen molar-refractivity contribution < 1.29 is 43.4 Å². The van der Waals surface area contributed by atoms with Gasteiger partial charge in [-0.2, -0.15) is 9.13 Å². The molecule has 40 heavy (non-hydrogen) atoms. The Balaban J connectivity index is 0.00000185. The number of hydrogen-bond acceptors (Lipinski definition) is 2. The van der Waals surface area contributed by atoms with Gasteiger partial charge in [-0.3, -0.25) is 0 Å². The zero-order valence-corrected chi connectivity index (χ0v) is 23.0. The van der Waals surface area contributed by atoms with Crippen molar-refractivity contribution in [2.75, 3.05) is 0 Å². The van der Waals surface area contributed by atoms with Gasteiger partial charge in [0.1, 0.15) is 23.0 Å². The highest BCUT2D eigenvalue weighted by Crippen LogP contribution is 2.23. The summed E-state index contributed by atoms with van der Waals surface area (Å²) in [6, 6.07) is 44.3. The second-order valence-electron chi connectivity index (χ2n) is 8.81. The van der Waals surface area contributed by atoms with Crippen LogP contribution in [0.2, 0.25) is 0 Å². The summed E-state index contributed by atoms with van der Waals surface area (Å²) in [7, 11) is 0. The average molecular weight is 566 g/mol. The number of benzene rings is 4. The van der Waals surface area contributed by atoms with Crippen LogP contribution < -0.4 is 43.4 Å². The summed E-state index contributed by atoms with van der Waals surface area (Å²) in [6.45, 7) is 0. The van der Waals surface area contributed by atoms with Crippen LogP contribution in [-0.4, -0.2) is 0 Å². The minimum Gasteiger partial charge on any atom is -1.00 e. The molecular formula is C34H26Cl2N2O2. The fraction of sp³-hybridized carbons (Fsp3) is 0. The smallest absolute Gasteiger partial charge is 0.210 e. The van der Waals surface area contributed by atoms with Crippen molar-refractivity contribution in [2.45, 2.75) is 0 Å². The third-order valence-corrected chi connectivity index (χ3v) is 6.22. The van der Waals surface area contributed by atoms with Gasteiger partial charge in [-0.25, -0.2) is 0 Å². The molecule has 2 aromatic heterocycles. The fourth-order valence-corrected chi connectivity index (χ4v) is 4.20. The molecule has 0 aliphatic rings. The molecule has 0 saturated carbocycles. The Morgan fingerprint density at radius 3 is 0.950 bits per heavy atom. The largest absolute Gasteiger partial charge is 1.00 e. The molecule has 0 fully saturated rings. The second kappa shape index (κ2) is 13.4. The van der Waals surface area contributed by atoms with E-state index in [1.807, 2.05) is 84.9 Å². The highest BCUT2D eigenvalue weighted by Gasteiger charge is 2.10. The highest BCUT2D eigenvalue weighted by atomic mass is 35.5. The molecule has 198 valence electrons. The first-order valence-corrected chi connectivity index (χ1v) is 12.5. The topological polar surface area (TPSA) is 26.2 Å². The van der Waals surface area contributed by atoms with Crippen LogP contribution in [0.4, 0.5) is 0 Å². The van der Waals surface area contributed by atoms with Gasteiger partial charge in [-0.1, -0.05) is 36.4 Å². The van der Waals surface area contributed by atoms with E-state index < -0.39 is 0 Å². The number of nitrogens with zero attached hydrogens (tertiary/aromatic N) is 2. The maximum atomic E-state index is 5.90. The van der Waals surface area contributed by atoms with Crippen molar-refractivity contribution in [3.63, 3.8) is 0 Å². The lowest BCUT2D eigenvalue weighted by Crippen LogP contribution is -3.00. The predicted octanol–water partition coefficient (Wildman–Crippen LogP) is 1.50. The maximum absolute atomic E-state index is 5.90. The molecule has 0 N–H and O–H groups in total. The number of hydrogen-bond donors (Lipinski definition) is 0. The molecule has 6 rings (SSSR count). The van der Waals surface area contributed by atoms with Crippen LogP contribution in [0.15, 0.2) is 158 Å². The molecule has 4 nitrogen and oxygen atoms in total. The molecule has 0 unspecified atom stereocenters. The van der Waals surface area contributed by atoms with Gasteiger partial charge in [-0.05, 0) is 59.7 Å². The SMILES string of the molecule is [Cl-].[Cl-].c1ccc(Oc2ccc(-[n+]3ccc(-c4cc[n+](-c5ccc(Oc6ccccc6)cc5)cc4)cc3)cc2)cc1. The molecular weight excluding hydrogens is 539 g/mol. The van der Waals surface area contributed by atoms with E-state index in [2.05, 4.69) is 82.5 Å². The number of ether oxygens (including phenoxy) is 2. The Kier molecular flexibility index (Phi) is 9.53. The molecule has 0 aliphatic carbocycles. The van der Waals surface area contributed by atoms with Crippen molar-refractivity contribution in [3.05, 3.63) is 158 Å². The lowest BCUT2D eigenvalue weighted by atomic mass is 10.1. The first-order chi connectivity index (χ1) is 18.8. The Hall–Kier alpha value is -4.64. The number of para-hydroxylation sites is 2. The number of pyridine rings is 2. The summed E-state index contributed by atoms with van der Waals surface area (Å²) in [4.78, 5) is 0. The summed E-state index contributed by atoms with van der Waals surface area (Å²) in [5, 5.41) is 0. The van der Waals surface area contributed by atoms with Crippen LogP contribution in [0.3, 0.4) is 0 Å². The van der Waals surface area contributed by atoms with Crippen LogP contribution in [0.1, 0.15) is 0 Å². The van der Waals surface area contributed by atoms with Crippen molar-refractivity contribution in [3.8, 4) is 45.5 Å². The third kappa shape index (κ3) is 6.86. The van der Waals surface area contributed by atoms with E-state index in [1.54, 1.807) is 0 Å². The Bertz CT molecular complexity index is 1480. The van der Waals surface area contributed by atoms with Gasteiger partial charge in [0, 0.05) is 48.5 Å². The second-order valence-corrected chi connectivity index (χ2v) is 8.81. The minimum atomic E-state index is 0. The average Bonchev–Trinajstić information content (AvgIpc) is 2.99. The van der Waals surface area contributed by atoms with Gasteiger partial charge < -0.3 is 34.3 Å². The first-order valence-electron chi connectivity index (χ1n) is 12.5. The zero-order valence-electron chi connectivity index (χ0n) is 21.5. The van der Waals surface area contributed by atoms with Crippen LogP contribution >= 0.6 is 0 Å². The predicted molar refractivity (Wildman–Crippen MR) is 148 cm³/mol. The molecule has 2 heterocycles. The van der Waals surface area contributed by atoms with Crippen molar-refractivity contribution in [1.29, 1.82) is 0 Å². The summed E-state index contributed by atoms with van der Waals surface area (Å²) < 4.78 is 16.0. The molecule has 0 atom stereocenters. The Morgan fingerprint density at radius 2 is 0.625 bits per heavy atom. The molecule has 0 aliphatic heterocycles. The van der Waals surface area contributed by atoms with Crippen molar-refractivity contribution in [1.82, 2.24) is 0 Å². The van der Waals surface area contributed by atoms with Gasteiger partial charge >= 0.3 is 0 Å². The van der Waals surface area contributed by atoms with E-state index in [1.165, 1.54) is 0 Å². The summed E-state index contributed by atoms with van der Waals surface area (Å²) in [6.07, 6.45) is 8.31. The van der Waals surface area contributed by atoms with Crippen molar-refractivity contribution in [2.24, 2.45) is 0 Å². The zero-order chi connectivity index (χ0) is 25.6. The van der Waals surface area contributed by atoms with Gasteiger partial charge in [0.15, 0.2) is 24.8 Å². The van der Waals surface area contributed by atoms with Crippen LogP contribution in [0, 0.1) is 0 Å². The molecule has 4 aromatic carbocycles. The fourth-order valence-electron chi connectivity index (χ4n) is 4.20. The Labute approximate surface area is 246 Å². The van der Waals surface area contributed by atoms with E-state index in [-0.39, 0.29) is 24.8 Å². The molecule has 0 spiro atoms. The molecule has 6 aromatic rings. The van der Waals surface area contributed by atoms with Crippen LogP contribution in [0.25, 0.3) is 22.5 Å². The van der Waals surface area contributed by atoms with E-state index >= 15 is 0 Å². The summed E-state index contributed by atoms with van der Waals surface area (Å²) in [5.74, 6) is 3.28. The standard InChI is InChI=1S/C34H26N2O2.2ClH/c1-3-7-31(8-4-1)37-33-15-11-29(12-16-33)35-23-19-27(20-24-35)28-21-25-36(26-22-28)30-13-17-34(18-14-30)38-32-9-5-2-6-10-32;;/h1-26H;2*1H/q+2;;/p-2. The van der Waals surface area contributed by atoms with Gasteiger partial charge in [0.25, 0.3) is 0 Å². The molecule has 0 bridgehead atoms. The molecule has 0 radical (unpaired) electrons. The molecule has 0 saturated heterocycles. The quantitative estimate of drug-likeness (QED) is 0.275. The number of aromatic nitrogens is 2.